The van der Waals surface area contributed by atoms with Gasteiger partial charge in [0.1, 0.15) is 5.82 Å². The summed E-state index contributed by atoms with van der Waals surface area (Å²) < 4.78 is 13.8. The Labute approximate surface area is 118 Å². The third-order valence-corrected chi connectivity index (χ3v) is 3.56. The van der Waals surface area contributed by atoms with E-state index in [1.807, 2.05) is 26.0 Å². The molecule has 2 aromatic rings. The summed E-state index contributed by atoms with van der Waals surface area (Å²) in [5.41, 5.74) is 2.24. The molecule has 0 bridgehead atoms. The lowest BCUT2D eigenvalue weighted by Gasteiger charge is -2.25. The maximum absolute atomic E-state index is 13.8. The van der Waals surface area contributed by atoms with E-state index >= 15 is 0 Å². The molecule has 0 aliphatic carbocycles. The minimum Gasteiger partial charge on any atom is -0.335 e. The van der Waals surface area contributed by atoms with E-state index in [0.717, 1.165) is 5.56 Å². The van der Waals surface area contributed by atoms with Crippen LogP contribution < -0.4 is 0 Å². The van der Waals surface area contributed by atoms with E-state index in [4.69, 9.17) is 0 Å². The fourth-order valence-corrected chi connectivity index (χ4v) is 2.10. The van der Waals surface area contributed by atoms with E-state index in [1.165, 1.54) is 6.07 Å². The van der Waals surface area contributed by atoms with E-state index in [-0.39, 0.29) is 17.8 Å². The van der Waals surface area contributed by atoms with Gasteiger partial charge in [0.15, 0.2) is 0 Å². The highest BCUT2D eigenvalue weighted by molar-refractivity contribution is 5.94. The molecule has 0 radical (unpaired) electrons. The topological polar surface area (TPSA) is 20.3 Å². The maximum atomic E-state index is 13.8. The van der Waals surface area contributed by atoms with Gasteiger partial charge in [0.05, 0.1) is 6.04 Å². The summed E-state index contributed by atoms with van der Waals surface area (Å²) in [6.07, 6.45) is 0. The van der Waals surface area contributed by atoms with Gasteiger partial charge in [0.2, 0.25) is 0 Å². The quantitative estimate of drug-likeness (QED) is 0.827. The van der Waals surface area contributed by atoms with Gasteiger partial charge in [-0.1, -0.05) is 35.9 Å². The van der Waals surface area contributed by atoms with Crippen molar-refractivity contribution >= 4 is 5.91 Å². The number of amides is 1. The van der Waals surface area contributed by atoms with Crippen LogP contribution in [0.3, 0.4) is 0 Å². The van der Waals surface area contributed by atoms with Crippen LogP contribution in [0.5, 0.6) is 0 Å². The second kappa shape index (κ2) is 5.87. The zero-order valence-corrected chi connectivity index (χ0v) is 11.9. The van der Waals surface area contributed by atoms with E-state index in [1.54, 1.807) is 42.3 Å². The summed E-state index contributed by atoms with van der Waals surface area (Å²) in [4.78, 5) is 13.9. The molecule has 1 unspecified atom stereocenters. The van der Waals surface area contributed by atoms with Crippen LogP contribution in [-0.2, 0) is 0 Å². The fraction of sp³-hybridized carbons (Fsp3) is 0.235. The van der Waals surface area contributed by atoms with Crippen molar-refractivity contribution < 1.29 is 9.18 Å². The van der Waals surface area contributed by atoms with Crippen molar-refractivity contribution in [1.29, 1.82) is 0 Å². The SMILES string of the molecule is Cc1ccc(C(=O)N(C)C(C)c2ccccc2F)cc1. The Kier molecular flexibility index (Phi) is 4.18. The minimum atomic E-state index is -0.315. The first-order valence-electron chi connectivity index (χ1n) is 6.59. The largest absolute Gasteiger partial charge is 0.335 e. The van der Waals surface area contributed by atoms with Crippen LogP contribution in [-0.4, -0.2) is 17.9 Å². The van der Waals surface area contributed by atoms with Crippen LogP contribution in [0.1, 0.15) is 34.5 Å². The maximum Gasteiger partial charge on any atom is 0.254 e. The fourth-order valence-electron chi connectivity index (χ4n) is 2.10. The highest BCUT2D eigenvalue weighted by Gasteiger charge is 2.20. The van der Waals surface area contributed by atoms with E-state index < -0.39 is 0 Å². The number of benzene rings is 2. The first-order valence-corrected chi connectivity index (χ1v) is 6.59. The molecule has 0 aliphatic rings. The Morgan fingerprint density at radius 2 is 1.70 bits per heavy atom. The molecule has 0 saturated heterocycles. The zero-order chi connectivity index (χ0) is 14.7. The number of carbonyl (C=O) groups is 1. The lowest BCUT2D eigenvalue weighted by atomic mass is 10.1. The molecule has 0 heterocycles. The van der Waals surface area contributed by atoms with Gasteiger partial charge in [0.25, 0.3) is 5.91 Å². The molecule has 0 aliphatic heterocycles. The van der Waals surface area contributed by atoms with Crippen molar-refractivity contribution in [3.63, 3.8) is 0 Å². The molecule has 1 atom stereocenters. The van der Waals surface area contributed by atoms with E-state index in [9.17, 15) is 9.18 Å². The number of halogens is 1. The lowest BCUT2D eigenvalue weighted by Crippen LogP contribution is -2.30. The highest BCUT2D eigenvalue weighted by Crippen LogP contribution is 2.23. The molecule has 20 heavy (non-hydrogen) atoms. The third kappa shape index (κ3) is 2.87. The molecular weight excluding hydrogens is 253 g/mol. The van der Waals surface area contributed by atoms with Crippen LogP contribution in [0.15, 0.2) is 48.5 Å². The summed E-state index contributed by atoms with van der Waals surface area (Å²) in [5, 5.41) is 0. The molecule has 0 saturated carbocycles. The second-order valence-electron chi connectivity index (χ2n) is 4.98. The Morgan fingerprint density at radius 1 is 1.10 bits per heavy atom. The van der Waals surface area contributed by atoms with Crippen LogP contribution in [0.25, 0.3) is 0 Å². The van der Waals surface area contributed by atoms with Crippen molar-refractivity contribution in [2.24, 2.45) is 0 Å². The lowest BCUT2D eigenvalue weighted by molar-refractivity contribution is 0.0740. The number of rotatable bonds is 3. The molecule has 2 aromatic carbocycles. The molecule has 1 amide bonds. The van der Waals surface area contributed by atoms with E-state index in [0.29, 0.717) is 11.1 Å². The Hall–Kier alpha value is -2.16. The standard InChI is InChI=1S/C17H18FNO/c1-12-8-10-14(11-9-12)17(20)19(3)13(2)15-6-4-5-7-16(15)18/h4-11,13H,1-3H3. The van der Waals surface area contributed by atoms with Gasteiger partial charge in [-0.3, -0.25) is 4.79 Å². The number of hydrogen-bond acceptors (Lipinski definition) is 1. The van der Waals surface area contributed by atoms with Gasteiger partial charge in [-0.15, -0.1) is 0 Å². The number of aryl methyl sites for hydroxylation is 1. The predicted octanol–water partition coefficient (Wildman–Crippen LogP) is 3.97. The molecule has 0 aromatic heterocycles. The van der Waals surface area contributed by atoms with E-state index in [2.05, 4.69) is 0 Å². The Bertz CT molecular complexity index is 607. The van der Waals surface area contributed by atoms with Crippen molar-refractivity contribution in [3.05, 3.63) is 71.0 Å². The third-order valence-electron chi connectivity index (χ3n) is 3.56. The highest BCUT2D eigenvalue weighted by atomic mass is 19.1. The zero-order valence-electron chi connectivity index (χ0n) is 11.9. The van der Waals surface area contributed by atoms with Crippen LogP contribution in [0, 0.1) is 12.7 Å². The molecule has 2 nitrogen and oxygen atoms in total. The predicted molar refractivity (Wildman–Crippen MR) is 78.1 cm³/mol. The van der Waals surface area contributed by atoms with Gasteiger partial charge < -0.3 is 4.90 Å². The first kappa shape index (κ1) is 14.3. The van der Waals surface area contributed by atoms with Crippen molar-refractivity contribution in [2.75, 3.05) is 7.05 Å². The summed E-state index contributed by atoms with van der Waals surface area (Å²) >= 11 is 0. The summed E-state index contributed by atoms with van der Waals surface area (Å²) in [5.74, 6) is -0.399. The Balaban J connectivity index is 2.22. The van der Waals surface area contributed by atoms with Crippen LogP contribution in [0.4, 0.5) is 4.39 Å². The van der Waals surface area contributed by atoms with Gasteiger partial charge in [0, 0.05) is 18.2 Å². The summed E-state index contributed by atoms with van der Waals surface area (Å²) in [6.45, 7) is 3.80. The molecule has 104 valence electrons. The van der Waals surface area contributed by atoms with Crippen LogP contribution >= 0.6 is 0 Å². The smallest absolute Gasteiger partial charge is 0.254 e. The van der Waals surface area contributed by atoms with Gasteiger partial charge >= 0.3 is 0 Å². The number of hydrogen-bond donors (Lipinski definition) is 0. The average molecular weight is 271 g/mol. The molecule has 0 fully saturated rings. The number of nitrogens with zero attached hydrogens (tertiary/aromatic N) is 1. The molecule has 0 N–H and O–H groups in total. The minimum absolute atomic E-state index is 0.110. The number of carbonyl (C=O) groups excluding carboxylic acids is 1. The van der Waals surface area contributed by atoms with Crippen molar-refractivity contribution in [3.8, 4) is 0 Å². The normalized spacial score (nSPS) is 12.0. The van der Waals surface area contributed by atoms with Gasteiger partial charge in [-0.05, 0) is 32.0 Å². The molecule has 3 heteroatoms. The van der Waals surface area contributed by atoms with Gasteiger partial charge in [-0.25, -0.2) is 4.39 Å². The van der Waals surface area contributed by atoms with Crippen molar-refractivity contribution in [1.82, 2.24) is 4.90 Å². The molecule has 0 spiro atoms. The van der Waals surface area contributed by atoms with Crippen LogP contribution in [0.2, 0.25) is 0 Å². The Morgan fingerprint density at radius 3 is 2.30 bits per heavy atom. The molecular formula is C17H18FNO. The monoisotopic (exact) mass is 271 g/mol. The molecule has 2 rings (SSSR count). The summed E-state index contributed by atoms with van der Waals surface area (Å²) in [6, 6.07) is 13.6. The van der Waals surface area contributed by atoms with Crippen molar-refractivity contribution in [2.45, 2.75) is 19.9 Å². The summed E-state index contributed by atoms with van der Waals surface area (Å²) in [7, 11) is 1.69. The average Bonchev–Trinajstić information content (AvgIpc) is 2.46. The van der Waals surface area contributed by atoms with Gasteiger partial charge in [-0.2, -0.15) is 0 Å². The second-order valence-corrected chi connectivity index (χ2v) is 4.98. The first-order chi connectivity index (χ1) is 9.50.